The number of halogens is 1. The quantitative estimate of drug-likeness (QED) is 0.839. The Kier molecular flexibility index (Phi) is 4.44. The number of ether oxygens (including phenoxy) is 1. The Bertz CT molecular complexity index is 837. The minimum atomic E-state index is -1.67. The Morgan fingerprint density at radius 3 is 2.80 bits per heavy atom. The number of nitrogens with one attached hydrogen (secondary N) is 2. The van der Waals surface area contributed by atoms with Crippen molar-refractivity contribution in [3.8, 4) is 5.75 Å². The van der Waals surface area contributed by atoms with Gasteiger partial charge in [-0.2, -0.15) is 0 Å². The lowest BCUT2D eigenvalue weighted by molar-refractivity contribution is -0.146. The molecule has 0 saturated heterocycles. The number of benzene rings is 2. The van der Waals surface area contributed by atoms with Gasteiger partial charge in [0.15, 0.2) is 0 Å². The molecule has 2 amide bonds. The molecule has 5 nitrogen and oxygen atoms in total. The van der Waals surface area contributed by atoms with Crippen molar-refractivity contribution in [2.75, 3.05) is 11.9 Å². The second-order valence-electron chi connectivity index (χ2n) is 6.19. The lowest BCUT2D eigenvalue weighted by Crippen LogP contribution is -2.58. The van der Waals surface area contributed by atoms with Gasteiger partial charge in [-0.3, -0.25) is 9.59 Å². The van der Waals surface area contributed by atoms with Gasteiger partial charge in [0.2, 0.25) is 0 Å². The second kappa shape index (κ2) is 6.55. The molecule has 2 N–H and O–H groups in total. The summed E-state index contributed by atoms with van der Waals surface area (Å²) in [6.07, 6.45) is 0.325. The summed E-state index contributed by atoms with van der Waals surface area (Å²) in [5.41, 5.74) is 0.349. The van der Waals surface area contributed by atoms with Crippen LogP contribution in [0.15, 0.2) is 42.5 Å². The number of hydrogen-bond donors (Lipinski definition) is 2. The number of amides is 2. The summed E-state index contributed by atoms with van der Waals surface area (Å²) in [4.78, 5) is 24.9. The van der Waals surface area contributed by atoms with Crippen LogP contribution in [0.2, 0.25) is 0 Å². The number of hydrogen-bond acceptors (Lipinski definition) is 3. The first-order valence-corrected chi connectivity index (χ1v) is 8.03. The molecule has 1 atom stereocenters. The lowest BCUT2D eigenvalue weighted by Gasteiger charge is -2.33. The fraction of sp³-hybridized carbons (Fsp3) is 0.263. The molecular weight excluding hydrogens is 323 g/mol. The van der Waals surface area contributed by atoms with Crippen LogP contribution < -0.4 is 15.4 Å². The zero-order chi connectivity index (χ0) is 18.0. The maximum absolute atomic E-state index is 13.6. The van der Waals surface area contributed by atoms with Crippen LogP contribution in [-0.4, -0.2) is 24.0 Å². The highest BCUT2D eigenvalue weighted by Gasteiger charge is 2.47. The van der Waals surface area contributed by atoms with Crippen LogP contribution in [0, 0.1) is 12.7 Å². The van der Waals surface area contributed by atoms with E-state index in [1.807, 2.05) is 13.0 Å². The average molecular weight is 342 g/mol. The first kappa shape index (κ1) is 17.0. The van der Waals surface area contributed by atoms with Crippen molar-refractivity contribution in [1.82, 2.24) is 5.32 Å². The van der Waals surface area contributed by atoms with Crippen molar-refractivity contribution in [3.63, 3.8) is 0 Å². The Labute approximate surface area is 145 Å². The normalized spacial score (nSPS) is 18.8. The van der Waals surface area contributed by atoms with Gasteiger partial charge in [0.05, 0.1) is 5.69 Å². The molecule has 25 heavy (non-hydrogen) atoms. The van der Waals surface area contributed by atoms with Crippen LogP contribution >= 0.6 is 0 Å². The predicted molar refractivity (Wildman–Crippen MR) is 92.0 cm³/mol. The van der Waals surface area contributed by atoms with E-state index >= 15 is 0 Å². The minimum absolute atomic E-state index is 0.201. The number of fused-ring (bicyclic) bond motifs is 1. The molecule has 0 aromatic heterocycles. The minimum Gasteiger partial charge on any atom is -0.466 e. The first-order valence-electron chi connectivity index (χ1n) is 8.03. The summed E-state index contributed by atoms with van der Waals surface area (Å²) >= 11 is 0. The Morgan fingerprint density at radius 2 is 2.04 bits per heavy atom. The zero-order valence-corrected chi connectivity index (χ0v) is 14.1. The standard InChI is InChI=1S/C19H19FN2O3/c1-12-7-8-16-15(11-12)22-18(24)19(2,25-16)17(23)21-10-9-13-5-3-4-6-14(13)20/h3-8,11H,9-10H2,1-2H3,(H,21,23)(H,22,24)/t19-/m0/s1. The van der Waals surface area contributed by atoms with Crippen LogP contribution in [0.4, 0.5) is 10.1 Å². The summed E-state index contributed by atoms with van der Waals surface area (Å²) in [6, 6.07) is 11.7. The molecule has 1 aliphatic rings. The molecule has 3 rings (SSSR count). The van der Waals surface area contributed by atoms with Crippen molar-refractivity contribution in [2.45, 2.75) is 25.9 Å². The maximum Gasteiger partial charge on any atom is 0.278 e. The summed E-state index contributed by atoms with van der Waals surface area (Å²) in [5, 5.41) is 5.35. The summed E-state index contributed by atoms with van der Waals surface area (Å²) in [6.45, 7) is 3.52. The van der Waals surface area contributed by atoms with Crippen LogP contribution in [0.3, 0.4) is 0 Å². The van der Waals surface area contributed by atoms with Crippen LogP contribution in [0.1, 0.15) is 18.1 Å². The summed E-state index contributed by atoms with van der Waals surface area (Å²) < 4.78 is 19.3. The molecule has 130 valence electrons. The SMILES string of the molecule is Cc1ccc2c(c1)NC(=O)[C@](C)(C(=O)NCCc1ccccc1F)O2. The lowest BCUT2D eigenvalue weighted by atomic mass is 10.0. The fourth-order valence-electron chi connectivity index (χ4n) is 2.67. The second-order valence-corrected chi connectivity index (χ2v) is 6.19. The van der Waals surface area contributed by atoms with Crippen molar-refractivity contribution in [2.24, 2.45) is 0 Å². The molecule has 2 aromatic rings. The molecular formula is C19H19FN2O3. The molecule has 0 radical (unpaired) electrons. The van der Waals surface area contributed by atoms with Crippen LogP contribution in [-0.2, 0) is 16.0 Å². The van der Waals surface area contributed by atoms with E-state index in [0.29, 0.717) is 23.4 Å². The highest BCUT2D eigenvalue weighted by atomic mass is 19.1. The van der Waals surface area contributed by atoms with Crippen molar-refractivity contribution in [3.05, 3.63) is 59.4 Å². The van der Waals surface area contributed by atoms with E-state index in [0.717, 1.165) is 5.56 Å². The molecule has 0 aliphatic carbocycles. The van der Waals surface area contributed by atoms with Gasteiger partial charge in [-0.05, 0) is 49.6 Å². The van der Waals surface area contributed by atoms with Gasteiger partial charge in [-0.25, -0.2) is 4.39 Å². The molecule has 6 heteroatoms. The third-order valence-electron chi connectivity index (χ3n) is 4.20. The van der Waals surface area contributed by atoms with Crippen LogP contribution in [0.5, 0.6) is 5.75 Å². The molecule has 0 fully saturated rings. The van der Waals surface area contributed by atoms with Crippen molar-refractivity contribution < 1.29 is 18.7 Å². The molecule has 1 heterocycles. The monoisotopic (exact) mass is 342 g/mol. The molecule has 0 spiro atoms. The van der Waals surface area contributed by atoms with Gasteiger partial charge < -0.3 is 15.4 Å². The number of aryl methyl sites for hydroxylation is 1. The van der Waals surface area contributed by atoms with E-state index in [9.17, 15) is 14.0 Å². The van der Waals surface area contributed by atoms with Gasteiger partial charge >= 0.3 is 0 Å². The van der Waals surface area contributed by atoms with E-state index in [2.05, 4.69) is 10.6 Å². The summed E-state index contributed by atoms with van der Waals surface area (Å²) in [5.74, 6) is -0.975. The predicted octanol–water partition coefficient (Wildman–Crippen LogP) is 2.58. The molecule has 2 aromatic carbocycles. The molecule has 1 aliphatic heterocycles. The average Bonchev–Trinajstić information content (AvgIpc) is 2.58. The first-order chi connectivity index (χ1) is 11.9. The van der Waals surface area contributed by atoms with Gasteiger partial charge in [-0.1, -0.05) is 24.3 Å². The van der Waals surface area contributed by atoms with Crippen molar-refractivity contribution >= 4 is 17.5 Å². The van der Waals surface area contributed by atoms with E-state index in [1.165, 1.54) is 13.0 Å². The van der Waals surface area contributed by atoms with Gasteiger partial charge in [0, 0.05) is 6.54 Å². The third kappa shape index (κ3) is 3.33. The Balaban J connectivity index is 1.68. The van der Waals surface area contributed by atoms with Crippen molar-refractivity contribution in [1.29, 1.82) is 0 Å². The topological polar surface area (TPSA) is 67.4 Å². The van der Waals surface area contributed by atoms with E-state index in [1.54, 1.807) is 30.3 Å². The van der Waals surface area contributed by atoms with Crippen LogP contribution in [0.25, 0.3) is 0 Å². The molecule has 0 unspecified atom stereocenters. The maximum atomic E-state index is 13.6. The largest absolute Gasteiger partial charge is 0.466 e. The highest BCUT2D eigenvalue weighted by Crippen LogP contribution is 2.34. The van der Waals surface area contributed by atoms with Gasteiger partial charge in [-0.15, -0.1) is 0 Å². The van der Waals surface area contributed by atoms with E-state index < -0.39 is 17.4 Å². The fourth-order valence-corrected chi connectivity index (χ4v) is 2.67. The number of rotatable bonds is 4. The smallest absolute Gasteiger partial charge is 0.278 e. The molecule has 0 bridgehead atoms. The third-order valence-corrected chi connectivity index (χ3v) is 4.20. The Hall–Kier alpha value is -2.89. The number of carbonyl (C=O) groups is 2. The number of anilines is 1. The van der Waals surface area contributed by atoms with Gasteiger partial charge in [0.1, 0.15) is 11.6 Å². The van der Waals surface area contributed by atoms with E-state index in [4.69, 9.17) is 4.74 Å². The zero-order valence-electron chi connectivity index (χ0n) is 14.1. The highest BCUT2D eigenvalue weighted by molar-refractivity contribution is 6.15. The van der Waals surface area contributed by atoms with E-state index in [-0.39, 0.29) is 12.4 Å². The summed E-state index contributed by atoms with van der Waals surface area (Å²) in [7, 11) is 0. The Morgan fingerprint density at radius 1 is 1.28 bits per heavy atom. The van der Waals surface area contributed by atoms with Gasteiger partial charge in [0.25, 0.3) is 17.4 Å². The molecule has 0 saturated carbocycles. The number of carbonyl (C=O) groups excluding carboxylic acids is 2.